The molecule has 4 aromatic rings. The van der Waals surface area contributed by atoms with Crippen molar-refractivity contribution in [3.8, 4) is 5.75 Å². The summed E-state index contributed by atoms with van der Waals surface area (Å²) in [6.45, 7) is 4.95. The summed E-state index contributed by atoms with van der Waals surface area (Å²) < 4.78 is 30.1. The second-order valence-corrected chi connectivity index (χ2v) is 8.88. The maximum atomic E-state index is 13.4. The van der Waals surface area contributed by atoms with E-state index in [0.29, 0.717) is 34.8 Å². The third-order valence-electron chi connectivity index (χ3n) is 6.55. The Balaban J connectivity index is 1.11. The van der Waals surface area contributed by atoms with Crippen molar-refractivity contribution in [1.82, 2.24) is 10.1 Å². The minimum atomic E-state index is -0.874. The van der Waals surface area contributed by atoms with Gasteiger partial charge in [0.2, 0.25) is 0 Å². The molecule has 0 radical (unpaired) electrons. The van der Waals surface area contributed by atoms with Crippen molar-refractivity contribution in [3.05, 3.63) is 70.0 Å². The molecule has 0 spiro atoms. The molecule has 8 heteroatoms. The van der Waals surface area contributed by atoms with Gasteiger partial charge in [-0.3, -0.25) is 4.79 Å². The lowest BCUT2D eigenvalue weighted by Crippen LogP contribution is -2.34. The SMILES string of the molecule is CC(O)c1coc2cc(OCCCN3CCC(c4noc5cc(F)ccc45)CC3)ccc2c1=O. The van der Waals surface area contributed by atoms with Gasteiger partial charge in [-0.05, 0) is 63.5 Å². The maximum absolute atomic E-state index is 13.4. The molecule has 2 aromatic carbocycles. The largest absolute Gasteiger partial charge is 0.493 e. The zero-order chi connectivity index (χ0) is 23.7. The van der Waals surface area contributed by atoms with E-state index < -0.39 is 6.10 Å². The first-order valence-electron chi connectivity index (χ1n) is 11.6. The van der Waals surface area contributed by atoms with Crippen LogP contribution in [0, 0.1) is 5.82 Å². The summed E-state index contributed by atoms with van der Waals surface area (Å²) in [5.74, 6) is 0.653. The number of fused-ring (bicyclic) bond motifs is 2. The average Bonchev–Trinajstić information content (AvgIpc) is 3.25. The molecule has 5 rings (SSSR count). The highest BCUT2D eigenvalue weighted by Crippen LogP contribution is 2.32. The quantitative estimate of drug-likeness (QED) is 0.392. The summed E-state index contributed by atoms with van der Waals surface area (Å²) in [7, 11) is 0. The molecular formula is C26H27FN2O5. The monoisotopic (exact) mass is 466 g/mol. The Morgan fingerprint density at radius 2 is 1.97 bits per heavy atom. The topological polar surface area (TPSA) is 88.9 Å². The molecule has 0 aliphatic carbocycles. The van der Waals surface area contributed by atoms with Crippen molar-refractivity contribution < 1.29 is 23.2 Å². The fourth-order valence-corrected chi connectivity index (χ4v) is 4.64. The summed E-state index contributed by atoms with van der Waals surface area (Å²) in [5.41, 5.74) is 1.90. The highest BCUT2D eigenvalue weighted by atomic mass is 19.1. The van der Waals surface area contributed by atoms with Crippen LogP contribution in [-0.2, 0) is 0 Å². The summed E-state index contributed by atoms with van der Waals surface area (Å²) in [4.78, 5) is 14.8. The third-order valence-corrected chi connectivity index (χ3v) is 6.55. The van der Waals surface area contributed by atoms with Gasteiger partial charge in [0.05, 0.1) is 29.4 Å². The number of halogens is 1. The first-order chi connectivity index (χ1) is 16.5. The number of ether oxygens (including phenoxy) is 1. The van der Waals surface area contributed by atoms with Crippen molar-refractivity contribution in [2.75, 3.05) is 26.2 Å². The number of nitrogens with zero attached hydrogens (tertiary/aromatic N) is 2. The normalized spacial score (nSPS) is 16.3. The lowest BCUT2D eigenvalue weighted by molar-refractivity contribution is 0.191. The van der Waals surface area contributed by atoms with E-state index in [1.54, 1.807) is 24.3 Å². The molecule has 178 valence electrons. The zero-order valence-corrected chi connectivity index (χ0v) is 19.0. The number of benzene rings is 2. The highest BCUT2D eigenvalue weighted by molar-refractivity contribution is 5.80. The van der Waals surface area contributed by atoms with Crippen LogP contribution in [0.25, 0.3) is 21.9 Å². The minimum Gasteiger partial charge on any atom is -0.493 e. The lowest BCUT2D eigenvalue weighted by atomic mass is 9.91. The summed E-state index contributed by atoms with van der Waals surface area (Å²) in [6, 6.07) is 9.73. The molecule has 1 atom stereocenters. The molecule has 1 aliphatic rings. The van der Waals surface area contributed by atoms with Crippen LogP contribution in [0.5, 0.6) is 5.75 Å². The van der Waals surface area contributed by atoms with Crippen LogP contribution >= 0.6 is 0 Å². The molecule has 7 nitrogen and oxygen atoms in total. The van der Waals surface area contributed by atoms with Crippen LogP contribution in [0.2, 0.25) is 0 Å². The van der Waals surface area contributed by atoms with Gasteiger partial charge in [0, 0.05) is 30.0 Å². The number of piperidine rings is 1. The van der Waals surface area contributed by atoms with Crippen LogP contribution in [-0.4, -0.2) is 41.4 Å². The minimum absolute atomic E-state index is 0.225. The summed E-state index contributed by atoms with van der Waals surface area (Å²) in [5, 5.41) is 15.2. The van der Waals surface area contributed by atoms with E-state index in [1.807, 2.05) is 0 Å². The molecule has 3 heterocycles. The second-order valence-electron chi connectivity index (χ2n) is 8.88. The van der Waals surface area contributed by atoms with Gasteiger partial charge in [0.1, 0.15) is 23.4 Å². The fourth-order valence-electron chi connectivity index (χ4n) is 4.64. The summed E-state index contributed by atoms with van der Waals surface area (Å²) >= 11 is 0. The number of hydrogen-bond donors (Lipinski definition) is 1. The van der Waals surface area contributed by atoms with Gasteiger partial charge in [0.15, 0.2) is 11.0 Å². The summed E-state index contributed by atoms with van der Waals surface area (Å²) in [6.07, 6.45) is 3.28. The van der Waals surface area contributed by atoms with E-state index in [2.05, 4.69) is 10.1 Å². The Labute approximate surface area is 195 Å². The molecule has 1 aliphatic heterocycles. The molecule has 2 aromatic heterocycles. The van der Waals surface area contributed by atoms with Gasteiger partial charge in [0.25, 0.3) is 0 Å². The number of aliphatic hydroxyl groups excluding tert-OH is 1. The molecule has 0 bridgehead atoms. The molecular weight excluding hydrogens is 439 g/mol. The Kier molecular flexibility index (Phi) is 6.34. The smallest absolute Gasteiger partial charge is 0.198 e. The number of aromatic nitrogens is 1. The van der Waals surface area contributed by atoms with Gasteiger partial charge in [-0.15, -0.1) is 0 Å². The van der Waals surface area contributed by atoms with Gasteiger partial charge in [-0.25, -0.2) is 4.39 Å². The fraction of sp³-hybridized carbons (Fsp3) is 0.385. The van der Waals surface area contributed by atoms with Gasteiger partial charge in [-0.1, -0.05) is 5.16 Å². The second kappa shape index (κ2) is 9.56. The molecule has 1 N–H and O–H groups in total. The van der Waals surface area contributed by atoms with Crippen molar-refractivity contribution in [2.24, 2.45) is 0 Å². The van der Waals surface area contributed by atoms with E-state index in [-0.39, 0.29) is 16.8 Å². The Morgan fingerprint density at radius 3 is 2.76 bits per heavy atom. The first kappa shape index (κ1) is 22.6. The van der Waals surface area contributed by atoms with Crippen LogP contribution in [0.4, 0.5) is 4.39 Å². The van der Waals surface area contributed by atoms with Gasteiger partial charge in [-0.2, -0.15) is 0 Å². The van der Waals surface area contributed by atoms with Crippen molar-refractivity contribution >= 4 is 21.9 Å². The lowest BCUT2D eigenvalue weighted by Gasteiger charge is -2.31. The van der Waals surface area contributed by atoms with E-state index in [0.717, 1.165) is 50.0 Å². The number of likely N-dealkylation sites (tertiary alicyclic amines) is 1. The predicted octanol–water partition coefficient (Wildman–Crippen LogP) is 4.78. The van der Waals surface area contributed by atoms with Crippen LogP contribution in [0.15, 0.2) is 56.4 Å². The number of rotatable bonds is 7. The Morgan fingerprint density at radius 1 is 1.18 bits per heavy atom. The third kappa shape index (κ3) is 4.56. The molecule has 0 saturated carbocycles. The Bertz CT molecular complexity index is 1350. The van der Waals surface area contributed by atoms with E-state index in [9.17, 15) is 14.3 Å². The molecule has 1 saturated heterocycles. The maximum Gasteiger partial charge on any atom is 0.198 e. The first-order valence-corrected chi connectivity index (χ1v) is 11.6. The highest BCUT2D eigenvalue weighted by Gasteiger charge is 2.25. The number of aliphatic hydroxyl groups is 1. The van der Waals surface area contributed by atoms with Crippen LogP contribution in [0.1, 0.15) is 49.5 Å². The van der Waals surface area contributed by atoms with Crippen LogP contribution < -0.4 is 10.2 Å². The molecule has 0 amide bonds. The number of hydrogen-bond acceptors (Lipinski definition) is 7. The standard InChI is InChI=1S/C26H27FN2O5/c1-16(30)22-15-33-23-14-19(4-6-21(23)26(22)31)32-12-2-9-29-10-7-17(8-11-29)25-20-5-3-18(27)13-24(20)34-28-25/h3-6,13-17,30H,2,7-12H2,1H3. The van der Waals surface area contributed by atoms with E-state index >= 15 is 0 Å². The van der Waals surface area contributed by atoms with Gasteiger partial charge >= 0.3 is 0 Å². The molecule has 1 fully saturated rings. The Hall–Kier alpha value is -3.23. The van der Waals surface area contributed by atoms with E-state index in [1.165, 1.54) is 25.3 Å². The van der Waals surface area contributed by atoms with Crippen molar-refractivity contribution in [3.63, 3.8) is 0 Å². The van der Waals surface area contributed by atoms with E-state index in [4.69, 9.17) is 13.7 Å². The molecule has 34 heavy (non-hydrogen) atoms. The van der Waals surface area contributed by atoms with Gasteiger partial charge < -0.3 is 23.7 Å². The van der Waals surface area contributed by atoms with Crippen molar-refractivity contribution in [2.45, 2.75) is 38.2 Å². The predicted molar refractivity (Wildman–Crippen MR) is 126 cm³/mol. The average molecular weight is 467 g/mol. The van der Waals surface area contributed by atoms with Crippen LogP contribution in [0.3, 0.4) is 0 Å². The molecule has 1 unspecified atom stereocenters. The van der Waals surface area contributed by atoms with Crippen molar-refractivity contribution in [1.29, 1.82) is 0 Å². The zero-order valence-electron chi connectivity index (χ0n) is 19.0.